The van der Waals surface area contributed by atoms with E-state index in [1.807, 2.05) is 0 Å². The van der Waals surface area contributed by atoms with Crippen LogP contribution in [0.25, 0.3) is 0 Å². The summed E-state index contributed by atoms with van der Waals surface area (Å²) in [5.74, 6) is 0.732. The molecule has 21 heavy (non-hydrogen) atoms. The monoisotopic (exact) mass is 295 g/mol. The molecule has 1 N–H and O–H groups in total. The van der Waals surface area contributed by atoms with Gasteiger partial charge in [0.05, 0.1) is 0 Å². The number of rotatable bonds is 7. The number of hydrogen-bond donors (Lipinski definition) is 1. The summed E-state index contributed by atoms with van der Waals surface area (Å²) in [6.45, 7) is 6.40. The second kappa shape index (κ2) is 7.35. The Hall–Kier alpha value is -0.960. The summed E-state index contributed by atoms with van der Waals surface area (Å²) in [4.78, 5) is 0. The first kappa shape index (κ1) is 16.4. The van der Waals surface area contributed by atoms with Gasteiger partial charge in [-0.15, -0.1) is 0 Å². The SMILES string of the molecule is CC(C)CC1(CNCc2ccc(C(F)F)cc2)CCCC1. The molecule has 0 saturated heterocycles. The molecule has 0 radical (unpaired) electrons. The van der Waals surface area contributed by atoms with Crippen LogP contribution < -0.4 is 5.32 Å². The summed E-state index contributed by atoms with van der Waals surface area (Å²) in [5, 5.41) is 3.55. The molecule has 0 heterocycles. The first-order valence-corrected chi connectivity index (χ1v) is 8.08. The Morgan fingerprint density at radius 2 is 1.71 bits per heavy atom. The van der Waals surface area contributed by atoms with Crippen molar-refractivity contribution in [2.24, 2.45) is 11.3 Å². The molecule has 1 aliphatic carbocycles. The summed E-state index contributed by atoms with van der Waals surface area (Å²) >= 11 is 0. The van der Waals surface area contributed by atoms with Crippen molar-refractivity contribution < 1.29 is 8.78 Å². The summed E-state index contributed by atoms with van der Waals surface area (Å²) in [7, 11) is 0. The normalized spacial score (nSPS) is 17.8. The molecule has 1 nitrogen and oxygen atoms in total. The second-order valence-electron chi connectivity index (χ2n) is 6.95. The summed E-state index contributed by atoms with van der Waals surface area (Å²) in [6.07, 6.45) is 4.24. The van der Waals surface area contributed by atoms with Crippen LogP contribution in [0.5, 0.6) is 0 Å². The van der Waals surface area contributed by atoms with E-state index in [9.17, 15) is 8.78 Å². The first-order chi connectivity index (χ1) is 10.0. The highest BCUT2D eigenvalue weighted by atomic mass is 19.3. The van der Waals surface area contributed by atoms with Gasteiger partial charge in [-0.2, -0.15) is 0 Å². The van der Waals surface area contributed by atoms with Gasteiger partial charge in [-0.05, 0) is 36.2 Å². The van der Waals surface area contributed by atoms with E-state index in [-0.39, 0.29) is 5.56 Å². The van der Waals surface area contributed by atoms with Crippen molar-refractivity contribution in [3.05, 3.63) is 35.4 Å². The molecule has 0 aliphatic heterocycles. The quantitative estimate of drug-likeness (QED) is 0.718. The van der Waals surface area contributed by atoms with E-state index in [2.05, 4.69) is 19.2 Å². The first-order valence-electron chi connectivity index (χ1n) is 8.08. The van der Waals surface area contributed by atoms with Gasteiger partial charge in [0.25, 0.3) is 6.43 Å². The maximum absolute atomic E-state index is 12.5. The van der Waals surface area contributed by atoms with Gasteiger partial charge in [0.2, 0.25) is 0 Å². The number of alkyl halides is 2. The number of nitrogens with one attached hydrogen (secondary N) is 1. The van der Waals surface area contributed by atoms with Crippen molar-refractivity contribution in [2.75, 3.05) is 6.54 Å². The van der Waals surface area contributed by atoms with E-state index in [1.54, 1.807) is 12.1 Å². The van der Waals surface area contributed by atoms with Crippen LogP contribution in [0.4, 0.5) is 8.78 Å². The molecule has 0 spiro atoms. The van der Waals surface area contributed by atoms with Crippen molar-refractivity contribution in [3.63, 3.8) is 0 Å². The van der Waals surface area contributed by atoms with Crippen molar-refractivity contribution in [1.82, 2.24) is 5.32 Å². The lowest BCUT2D eigenvalue weighted by Gasteiger charge is -2.31. The Balaban J connectivity index is 1.84. The second-order valence-corrected chi connectivity index (χ2v) is 6.95. The Morgan fingerprint density at radius 1 is 1.10 bits per heavy atom. The molecule has 1 saturated carbocycles. The van der Waals surface area contributed by atoms with Crippen LogP contribution in [0.2, 0.25) is 0 Å². The molecule has 0 unspecified atom stereocenters. The van der Waals surface area contributed by atoms with Gasteiger partial charge in [0.1, 0.15) is 0 Å². The maximum Gasteiger partial charge on any atom is 0.263 e. The van der Waals surface area contributed by atoms with E-state index < -0.39 is 6.43 Å². The minimum Gasteiger partial charge on any atom is -0.312 e. The van der Waals surface area contributed by atoms with Gasteiger partial charge in [-0.1, -0.05) is 51.0 Å². The predicted molar refractivity (Wildman–Crippen MR) is 83.5 cm³/mol. The van der Waals surface area contributed by atoms with Gasteiger partial charge in [-0.25, -0.2) is 8.78 Å². The van der Waals surface area contributed by atoms with Gasteiger partial charge >= 0.3 is 0 Å². The number of halogens is 2. The zero-order valence-electron chi connectivity index (χ0n) is 13.2. The summed E-state index contributed by atoms with van der Waals surface area (Å²) < 4.78 is 25.0. The van der Waals surface area contributed by atoms with Gasteiger partial charge in [0, 0.05) is 18.7 Å². The van der Waals surface area contributed by atoms with E-state index in [4.69, 9.17) is 0 Å². The topological polar surface area (TPSA) is 12.0 Å². The Morgan fingerprint density at radius 3 is 2.24 bits per heavy atom. The van der Waals surface area contributed by atoms with Crippen LogP contribution in [0.3, 0.4) is 0 Å². The zero-order chi connectivity index (χ0) is 15.3. The molecule has 1 aromatic rings. The van der Waals surface area contributed by atoms with Gasteiger partial charge < -0.3 is 5.32 Å². The third-order valence-electron chi connectivity index (χ3n) is 4.57. The minimum atomic E-state index is -2.38. The molecule has 0 bridgehead atoms. The van der Waals surface area contributed by atoms with E-state index >= 15 is 0 Å². The van der Waals surface area contributed by atoms with Crippen LogP contribution in [0.15, 0.2) is 24.3 Å². The van der Waals surface area contributed by atoms with Crippen LogP contribution in [-0.4, -0.2) is 6.54 Å². The Labute approximate surface area is 127 Å². The largest absolute Gasteiger partial charge is 0.312 e. The average Bonchev–Trinajstić information content (AvgIpc) is 2.87. The van der Waals surface area contributed by atoms with Crippen molar-refractivity contribution in [1.29, 1.82) is 0 Å². The fourth-order valence-electron chi connectivity index (χ4n) is 3.70. The van der Waals surface area contributed by atoms with Crippen LogP contribution >= 0.6 is 0 Å². The molecule has 0 atom stereocenters. The lowest BCUT2D eigenvalue weighted by atomic mass is 9.78. The Kier molecular flexibility index (Phi) is 5.74. The molecule has 0 aromatic heterocycles. The van der Waals surface area contributed by atoms with Gasteiger partial charge in [0.15, 0.2) is 0 Å². The van der Waals surface area contributed by atoms with E-state index in [0.29, 0.717) is 5.41 Å². The molecule has 118 valence electrons. The third kappa shape index (κ3) is 4.77. The molecule has 3 heteroatoms. The lowest BCUT2D eigenvalue weighted by Crippen LogP contribution is -2.33. The molecular weight excluding hydrogens is 268 g/mol. The molecule has 1 aromatic carbocycles. The highest BCUT2D eigenvalue weighted by Gasteiger charge is 2.33. The number of benzene rings is 1. The van der Waals surface area contributed by atoms with Gasteiger partial charge in [-0.3, -0.25) is 0 Å². The summed E-state index contributed by atoms with van der Waals surface area (Å²) in [5.41, 5.74) is 1.64. The van der Waals surface area contributed by atoms with Crippen LogP contribution in [0, 0.1) is 11.3 Å². The Bertz CT molecular complexity index is 419. The minimum absolute atomic E-state index is 0.103. The average molecular weight is 295 g/mol. The van der Waals surface area contributed by atoms with Crippen LogP contribution in [0.1, 0.15) is 63.5 Å². The molecule has 2 rings (SSSR count). The fourth-order valence-corrected chi connectivity index (χ4v) is 3.70. The maximum atomic E-state index is 12.5. The van der Waals surface area contributed by atoms with E-state index in [0.717, 1.165) is 24.6 Å². The smallest absolute Gasteiger partial charge is 0.263 e. The van der Waals surface area contributed by atoms with Crippen molar-refractivity contribution in [2.45, 2.75) is 58.9 Å². The highest BCUT2D eigenvalue weighted by Crippen LogP contribution is 2.42. The molecule has 1 fully saturated rings. The van der Waals surface area contributed by atoms with Crippen molar-refractivity contribution >= 4 is 0 Å². The standard InChI is InChI=1S/C18H27F2N/c1-14(2)11-18(9-3-4-10-18)13-21-12-15-5-7-16(8-6-15)17(19)20/h5-8,14,17,21H,3-4,9-13H2,1-2H3. The third-order valence-corrected chi connectivity index (χ3v) is 4.57. The zero-order valence-corrected chi connectivity index (χ0v) is 13.2. The molecule has 1 aliphatic rings. The van der Waals surface area contributed by atoms with Crippen molar-refractivity contribution in [3.8, 4) is 0 Å². The van der Waals surface area contributed by atoms with Crippen LogP contribution in [-0.2, 0) is 6.54 Å². The molecular formula is C18H27F2N. The predicted octanol–water partition coefficient (Wildman–Crippen LogP) is 5.32. The molecule has 0 amide bonds. The fraction of sp³-hybridized carbons (Fsp3) is 0.667. The highest BCUT2D eigenvalue weighted by molar-refractivity contribution is 5.23. The lowest BCUT2D eigenvalue weighted by molar-refractivity contribution is 0.151. The van der Waals surface area contributed by atoms with E-state index in [1.165, 1.54) is 44.2 Å². The number of hydrogen-bond acceptors (Lipinski definition) is 1. The summed E-state index contributed by atoms with van der Waals surface area (Å²) in [6, 6.07) is 6.67.